The fraction of sp³-hybridized carbons (Fsp3) is 0.480. The molecule has 2 saturated heterocycles. The number of benzene rings is 4. The number of nitrogens with one attached hydrogen (secondary N) is 2. The maximum absolute atomic E-state index is 13.6. The van der Waals surface area contributed by atoms with Crippen LogP contribution >= 0.6 is 15.6 Å². The van der Waals surface area contributed by atoms with Crippen LogP contribution < -0.4 is 22.1 Å². The first-order valence-corrected chi connectivity index (χ1v) is 31.0. The number of nitrogen functional groups attached to an aromatic ring is 2. The molecule has 0 aliphatic carbocycles. The van der Waals surface area contributed by atoms with Crippen molar-refractivity contribution in [1.29, 1.82) is 0 Å². The Kier molecular flexibility index (Phi) is 30.4. The fourth-order valence-corrected chi connectivity index (χ4v) is 12.7. The van der Waals surface area contributed by atoms with Crippen molar-refractivity contribution in [3.05, 3.63) is 120 Å². The molecule has 0 spiro atoms. The molecule has 0 bridgehead atoms. The van der Waals surface area contributed by atoms with Crippen LogP contribution in [0.5, 0.6) is 0 Å². The summed E-state index contributed by atoms with van der Waals surface area (Å²) in [5.74, 6) is -0.283. The molecule has 2 heterocycles. The van der Waals surface area contributed by atoms with Crippen molar-refractivity contribution in [3.8, 4) is 0 Å². The number of hydrogen-bond donors (Lipinski definition) is 8. The normalized spacial score (nSPS) is 17.3. The number of sulfonamides is 2. The molecule has 2 amide bonds. The second kappa shape index (κ2) is 33.8. The maximum atomic E-state index is 13.6. The third-order valence-electron chi connectivity index (χ3n) is 11.9. The smallest absolute Gasteiger partial charge is 1.00 e. The molecular weight excluding hydrogens is 1180 g/mol. The predicted octanol–water partition coefficient (Wildman–Crippen LogP) is 4.73. The summed E-state index contributed by atoms with van der Waals surface area (Å²) in [5.41, 5.74) is 13.6. The molecule has 2 aliphatic heterocycles. The summed E-state index contributed by atoms with van der Waals surface area (Å²) in [6.07, 6.45) is -4.29. The predicted molar refractivity (Wildman–Crippen MR) is 304 cm³/mol. The minimum absolute atomic E-state index is 0. The van der Waals surface area contributed by atoms with Crippen LogP contribution in [0.4, 0.5) is 21.0 Å². The molecule has 0 saturated carbocycles. The Morgan fingerprint density at radius 1 is 0.588 bits per heavy atom. The van der Waals surface area contributed by atoms with Gasteiger partial charge in [0, 0.05) is 50.4 Å². The van der Waals surface area contributed by atoms with Crippen molar-refractivity contribution in [3.63, 3.8) is 0 Å². The van der Waals surface area contributed by atoms with E-state index in [0.29, 0.717) is 37.4 Å². The monoisotopic (exact) mass is 1250 g/mol. The molecule has 6 rings (SSSR count). The van der Waals surface area contributed by atoms with Crippen LogP contribution in [0.1, 0.15) is 57.4 Å². The average Bonchev–Trinajstić information content (AvgIpc) is 4.08. The topological polar surface area (TPSA) is 355 Å². The van der Waals surface area contributed by atoms with Crippen molar-refractivity contribution in [2.75, 3.05) is 64.1 Å². The Labute approximate surface area is 533 Å². The minimum atomic E-state index is -5.12. The molecule has 440 valence electrons. The number of rotatable bonds is 26. The van der Waals surface area contributed by atoms with Crippen molar-refractivity contribution in [2.45, 2.75) is 99.7 Å². The maximum Gasteiger partial charge on any atom is 2.00 e. The second-order valence-corrected chi connectivity index (χ2v) is 25.8. The molecule has 10 N–H and O–H groups in total. The molecule has 30 heteroatoms. The first-order chi connectivity index (χ1) is 36.7. The zero-order valence-electron chi connectivity index (χ0n) is 49.2. The zero-order chi connectivity index (χ0) is 57.3. The number of phosphoric ester groups is 2. The number of amides is 2. The van der Waals surface area contributed by atoms with Crippen LogP contribution in [0.25, 0.3) is 0 Å². The zero-order valence-corrected chi connectivity index (χ0v) is 53.0. The van der Waals surface area contributed by atoms with E-state index in [4.69, 9.17) is 39.5 Å². The van der Waals surface area contributed by atoms with E-state index >= 15 is 0 Å². The van der Waals surface area contributed by atoms with Crippen LogP contribution in [0.2, 0.25) is 0 Å². The van der Waals surface area contributed by atoms with E-state index in [1.165, 1.54) is 48.5 Å². The van der Waals surface area contributed by atoms with Crippen LogP contribution in [0.15, 0.2) is 119 Å². The Balaban J connectivity index is 0. The molecule has 2 fully saturated rings. The van der Waals surface area contributed by atoms with Gasteiger partial charge in [0.05, 0.1) is 48.3 Å². The van der Waals surface area contributed by atoms with Crippen molar-refractivity contribution < 1.29 is 88.8 Å². The van der Waals surface area contributed by atoms with E-state index in [2.05, 4.69) is 10.6 Å². The number of hydrogen-bond acceptors (Lipinski definition) is 16. The summed E-state index contributed by atoms with van der Waals surface area (Å²) in [6, 6.07) is 26.9. The molecule has 0 radical (unpaired) electrons. The Bertz CT molecular complexity index is 2660. The van der Waals surface area contributed by atoms with Gasteiger partial charge < -0.3 is 66.3 Å². The first kappa shape index (κ1) is 71.8. The van der Waals surface area contributed by atoms with Gasteiger partial charge in [-0.25, -0.2) is 35.6 Å². The minimum Gasteiger partial charge on any atom is -1.00 e. The van der Waals surface area contributed by atoms with Crippen LogP contribution in [0.3, 0.4) is 0 Å². The number of carbonyl (C=O) groups is 2. The Morgan fingerprint density at radius 2 is 0.912 bits per heavy atom. The second-order valence-electron chi connectivity index (χ2n) is 19.5. The van der Waals surface area contributed by atoms with Gasteiger partial charge in [-0.1, -0.05) is 88.4 Å². The summed E-state index contributed by atoms with van der Waals surface area (Å²) in [5, 5.41) is 5.30. The molecule has 0 aromatic heterocycles. The van der Waals surface area contributed by atoms with Crippen LogP contribution in [0, 0.1) is 11.8 Å². The summed E-state index contributed by atoms with van der Waals surface area (Å²) in [6.45, 7) is 7.74. The summed E-state index contributed by atoms with van der Waals surface area (Å²) in [7, 11) is -18.5. The number of alkyl carbamates (subject to hydrolysis) is 2. The van der Waals surface area contributed by atoms with Crippen LogP contribution in [-0.4, -0.2) is 222 Å². The molecule has 4 aromatic rings. The van der Waals surface area contributed by atoms with E-state index < -0.39 is 97.5 Å². The van der Waals surface area contributed by atoms with Gasteiger partial charge >= 0.3 is 103 Å². The molecular formula is C50H76Ca2N6O18P2S2. The van der Waals surface area contributed by atoms with Gasteiger partial charge in [-0.05, 0) is 84.3 Å². The average molecular weight is 1260 g/mol. The van der Waals surface area contributed by atoms with E-state index in [-0.39, 0.29) is 142 Å². The SMILES string of the molecule is CC(C)CN(C[C@@H](OP(=O)(O)O)[C@H](Cc1ccccc1)NC(=O)O[C@H]1CCOC1)S(=O)(=O)c1ccc(N)cc1.CC(C)CN(C[C@@H](OP(=O)(O)O)[C@H](Cc1ccccc1)NC(=O)O[C@H]1CCOC1)S(=O)(=O)c1ccc(N)cc1.[Ca+2].[Ca+2].[H-].[H-].[H-].[H-]. The van der Waals surface area contributed by atoms with Crippen molar-refractivity contribution in [1.82, 2.24) is 19.2 Å². The van der Waals surface area contributed by atoms with Crippen molar-refractivity contribution >= 4 is 135 Å². The summed E-state index contributed by atoms with van der Waals surface area (Å²) in [4.78, 5) is 64.6. The third kappa shape index (κ3) is 25.0. The first-order valence-electron chi connectivity index (χ1n) is 25.0. The molecule has 2 aliphatic rings. The summed E-state index contributed by atoms with van der Waals surface area (Å²) < 4.78 is 112. The molecule has 0 unspecified atom stereocenters. The van der Waals surface area contributed by atoms with E-state index in [0.717, 1.165) is 19.7 Å². The van der Waals surface area contributed by atoms with Gasteiger partial charge in [0.15, 0.2) is 0 Å². The molecule has 24 nitrogen and oxygen atoms in total. The van der Waals surface area contributed by atoms with Gasteiger partial charge in [0.2, 0.25) is 20.0 Å². The molecule has 4 aromatic carbocycles. The van der Waals surface area contributed by atoms with Gasteiger partial charge in [0.25, 0.3) is 0 Å². The number of anilines is 2. The Morgan fingerprint density at radius 3 is 1.19 bits per heavy atom. The Hall–Kier alpha value is -2.50. The van der Waals surface area contributed by atoms with Gasteiger partial charge in [-0.2, -0.15) is 8.61 Å². The number of carbonyl (C=O) groups excluding carboxylic acids is 2. The van der Waals surface area contributed by atoms with Gasteiger partial charge in [-0.15, -0.1) is 0 Å². The van der Waals surface area contributed by atoms with Gasteiger partial charge in [0.1, 0.15) is 24.4 Å². The van der Waals surface area contributed by atoms with E-state index in [1.807, 2.05) is 27.7 Å². The fourth-order valence-electron chi connectivity index (χ4n) is 8.33. The number of phosphoric acid groups is 2. The van der Waals surface area contributed by atoms with Crippen molar-refractivity contribution in [2.24, 2.45) is 11.8 Å². The quantitative estimate of drug-likeness (QED) is 0.0239. The molecule has 80 heavy (non-hydrogen) atoms. The van der Waals surface area contributed by atoms with Crippen LogP contribution in [-0.2, 0) is 70.0 Å². The largest absolute Gasteiger partial charge is 2.00 e. The van der Waals surface area contributed by atoms with E-state index in [1.54, 1.807) is 60.7 Å². The number of nitrogens with zero attached hydrogens (tertiary/aromatic N) is 2. The molecule has 6 atom stereocenters. The third-order valence-corrected chi connectivity index (χ3v) is 16.7. The summed E-state index contributed by atoms with van der Waals surface area (Å²) >= 11 is 0. The van der Waals surface area contributed by atoms with Gasteiger partial charge in [-0.3, -0.25) is 9.05 Å². The van der Waals surface area contributed by atoms with E-state index in [9.17, 15) is 55.1 Å². The number of ether oxygens (including phenoxy) is 4. The number of nitrogens with two attached hydrogens (primary N) is 2. The standard InChI is InChI=1S/2C25H36N3O9PS.2Ca.4H/c2*1-18(2)15-28(39(33,34)22-10-8-20(26)9-11-22)16-24(37-38(30,31)32)23(14-19-6-4-3-5-7-19)27-25(29)36-21-12-13-35-17-21;;;;;;/h2*3-11,18,21,23-24H,12-17,26H2,1-2H3,(H,27,29)(H2,30,31,32);;;;;;/q;;2*+2;4*-1/t2*21-,23-,24+;;;;;;/m00....../s1.